The van der Waals surface area contributed by atoms with E-state index in [0.717, 1.165) is 22.4 Å². The number of rotatable bonds is 4. The van der Waals surface area contributed by atoms with Crippen LogP contribution in [-0.2, 0) is 11.8 Å². The van der Waals surface area contributed by atoms with Crippen molar-refractivity contribution in [3.63, 3.8) is 0 Å². The lowest BCUT2D eigenvalue weighted by Gasteiger charge is -2.16. The molecule has 3 N–H and O–H groups in total. The second kappa shape index (κ2) is 8.86. The Balaban J connectivity index is 1.69. The summed E-state index contributed by atoms with van der Waals surface area (Å²) >= 11 is 0. The third kappa shape index (κ3) is 5.26. The van der Waals surface area contributed by atoms with Gasteiger partial charge in [-0.25, -0.2) is 9.37 Å². The van der Waals surface area contributed by atoms with Crippen LogP contribution in [0.5, 0.6) is 0 Å². The highest BCUT2D eigenvalue weighted by molar-refractivity contribution is 5.50. The number of hydrogen-bond donors (Lipinski definition) is 3. The van der Waals surface area contributed by atoms with E-state index < -0.39 is 11.1 Å². The zero-order valence-corrected chi connectivity index (χ0v) is 18.7. The molecule has 0 saturated carbocycles. The molecule has 33 heavy (non-hydrogen) atoms. The minimum absolute atomic E-state index is 0.139. The van der Waals surface area contributed by atoms with Crippen molar-refractivity contribution in [2.45, 2.75) is 32.6 Å². The fourth-order valence-electron chi connectivity index (χ4n) is 3.65. The van der Waals surface area contributed by atoms with Crippen molar-refractivity contribution >= 4 is 12.2 Å². The van der Waals surface area contributed by atoms with Crippen LogP contribution in [0.25, 0.3) is 12.2 Å². The van der Waals surface area contributed by atoms with Crippen molar-refractivity contribution < 1.29 is 4.39 Å². The highest BCUT2D eigenvalue weighted by Gasteiger charge is 2.19. The second-order valence-corrected chi connectivity index (χ2v) is 8.99. The lowest BCUT2D eigenvalue weighted by molar-refractivity contribution is 0.571. The molecule has 4 rings (SSSR count). The zero-order chi connectivity index (χ0) is 23.6. The molecule has 0 aliphatic rings. The van der Waals surface area contributed by atoms with Crippen LogP contribution in [0.1, 0.15) is 48.8 Å². The number of halogens is 1. The Morgan fingerprint density at radius 2 is 1.58 bits per heavy atom. The van der Waals surface area contributed by atoms with Crippen molar-refractivity contribution in [1.82, 2.24) is 19.9 Å². The third-order valence-corrected chi connectivity index (χ3v) is 5.27. The molecule has 0 spiro atoms. The van der Waals surface area contributed by atoms with Crippen LogP contribution in [0.2, 0.25) is 0 Å². The number of hydrogen-bond acceptors (Lipinski definition) is 3. The molecular weight excluding hydrogens is 419 g/mol. The summed E-state index contributed by atoms with van der Waals surface area (Å²) in [5.41, 5.74) is 3.23. The van der Waals surface area contributed by atoms with Crippen LogP contribution >= 0.6 is 0 Å². The highest BCUT2D eigenvalue weighted by atomic mass is 19.1. The molecule has 0 unspecified atom stereocenters. The molecule has 0 bridgehead atoms. The smallest absolute Gasteiger partial charge is 0.272 e. The summed E-state index contributed by atoms with van der Waals surface area (Å²) in [5.74, 6) is -0.272. The summed E-state index contributed by atoms with van der Waals surface area (Å²) in [6.07, 6.45) is 5.40. The van der Waals surface area contributed by atoms with Crippen molar-refractivity contribution in [1.29, 1.82) is 0 Å². The molecule has 0 fully saturated rings. The Hall–Kier alpha value is -4.00. The fourth-order valence-corrected chi connectivity index (χ4v) is 3.65. The van der Waals surface area contributed by atoms with E-state index in [-0.39, 0.29) is 21.9 Å². The third-order valence-electron chi connectivity index (χ3n) is 5.27. The molecule has 4 aromatic rings. The van der Waals surface area contributed by atoms with Gasteiger partial charge >= 0.3 is 0 Å². The van der Waals surface area contributed by atoms with Gasteiger partial charge in [-0.05, 0) is 47.4 Å². The van der Waals surface area contributed by atoms with E-state index in [9.17, 15) is 14.0 Å². The summed E-state index contributed by atoms with van der Waals surface area (Å²) < 4.78 is 13.1. The number of benzene rings is 2. The van der Waals surface area contributed by atoms with Gasteiger partial charge in [0.2, 0.25) is 0 Å². The predicted octanol–water partition coefficient (Wildman–Crippen LogP) is 2.47. The van der Waals surface area contributed by atoms with Crippen LogP contribution in [-0.4, -0.2) is 19.9 Å². The predicted molar refractivity (Wildman–Crippen MR) is 127 cm³/mol. The first-order valence-electron chi connectivity index (χ1n) is 10.6. The van der Waals surface area contributed by atoms with Gasteiger partial charge in [-0.15, -0.1) is 0 Å². The number of aromatic amines is 3. The van der Waals surface area contributed by atoms with Crippen LogP contribution in [0.4, 0.5) is 4.39 Å². The van der Waals surface area contributed by atoms with E-state index in [4.69, 9.17) is 0 Å². The average Bonchev–Trinajstić information content (AvgIpc) is 3.23. The molecule has 0 aliphatic carbocycles. The molecule has 168 valence electrons. The molecule has 0 saturated heterocycles. The fraction of sp³-hybridized carbons (Fsp3) is 0.192. The van der Waals surface area contributed by atoms with Crippen LogP contribution in [0.3, 0.4) is 0 Å². The van der Waals surface area contributed by atoms with E-state index in [2.05, 4.69) is 19.9 Å². The van der Waals surface area contributed by atoms with E-state index >= 15 is 0 Å². The topological polar surface area (TPSA) is 94.4 Å². The maximum absolute atomic E-state index is 13.1. The summed E-state index contributed by atoms with van der Waals surface area (Å²) in [5, 5.41) is 0.300. The van der Waals surface area contributed by atoms with Gasteiger partial charge in [0, 0.05) is 11.1 Å². The van der Waals surface area contributed by atoms with Gasteiger partial charge in [0.1, 0.15) is 16.5 Å². The van der Waals surface area contributed by atoms with Crippen molar-refractivity contribution in [3.8, 4) is 0 Å². The van der Waals surface area contributed by atoms with Crippen LogP contribution in [0.15, 0.2) is 64.4 Å². The first-order chi connectivity index (χ1) is 15.7. The molecule has 0 atom stereocenters. The molecule has 7 heteroatoms. The summed E-state index contributed by atoms with van der Waals surface area (Å²) in [6, 6.07) is 14.0. The molecular formula is C26H25FN4O2. The molecule has 0 amide bonds. The van der Waals surface area contributed by atoms with Crippen LogP contribution < -0.4 is 21.8 Å². The van der Waals surface area contributed by atoms with Gasteiger partial charge in [0.05, 0.1) is 12.0 Å². The number of nitrogens with zero attached hydrogens (tertiary/aromatic N) is 1. The van der Waals surface area contributed by atoms with E-state index in [1.54, 1.807) is 30.6 Å². The van der Waals surface area contributed by atoms with Gasteiger partial charge in [0.15, 0.2) is 0 Å². The molecule has 0 radical (unpaired) electrons. The lowest BCUT2D eigenvalue weighted by atomic mass is 9.90. The number of H-pyrrole nitrogens is 3. The maximum Gasteiger partial charge on any atom is 0.272 e. The first kappa shape index (κ1) is 22.2. The molecule has 2 heterocycles. The standard InChI is InChI=1S/C26H25FN4O2/c1-26(2,3)23-20(28-15-29-23)14-22-25(33)30-21(24(32)31-22)13-18-6-4-5-17(12-18)11-16-7-9-19(27)10-8-16/h4-10,12-15H,11H2,1-3H3,(H,28,29)(H,30,33)(H,31,32)/b21-13-,22-14-. The Kier molecular flexibility index (Phi) is 5.96. The number of aromatic nitrogens is 4. The van der Waals surface area contributed by atoms with E-state index in [1.165, 1.54) is 12.1 Å². The largest absolute Gasteiger partial charge is 0.348 e. The van der Waals surface area contributed by atoms with Gasteiger partial charge in [-0.1, -0.05) is 57.2 Å². The quantitative estimate of drug-likeness (QED) is 0.451. The van der Waals surface area contributed by atoms with E-state index in [1.807, 2.05) is 45.0 Å². The van der Waals surface area contributed by atoms with Crippen molar-refractivity contribution in [3.05, 3.63) is 120 Å². The van der Waals surface area contributed by atoms with Gasteiger partial charge in [-0.3, -0.25) is 9.59 Å². The molecule has 6 nitrogen and oxygen atoms in total. The monoisotopic (exact) mass is 444 g/mol. The minimum Gasteiger partial charge on any atom is -0.348 e. The van der Waals surface area contributed by atoms with Crippen LogP contribution in [0, 0.1) is 5.82 Å². The van der Waals surface area contributed by atoms with Gasteiger partial charge in [0.25, 0.3) is 11.1 Å². The SMILES string of the molecule is CC(C)(C)c1[nH]cnc1/C=c1\[nH]c(=O)/c(=C/c2cccc(Cc3ccc(F)cc3)c2)[nH]c1=O. The van der Waals surface area contributed by atoms with Gasteiger partial charge in [-0.2, -0.15) is 0 Å². The lowest BCUT2D eigenvalue weighted by Crippen LogP contribution is -2.46. The van der Waals surface area contributed by atoms with Crippen molar-refractivity contribution in [2.24, 2.45) is 0 Å². The number of nitrogens with one attached hydrogen (secondary N) is 3. The van der Waals surface area contributed by atoms with E-state index in [0.29, 0.717) is 12.1 Å². The Labute approximate surface area is 189 Å². The summed E-state index contributed by atoms with van der Waals surface area (Å²) in [7, 11) is 0. The second-order valence-electron chi connectivity index (χ2n) is 8.99. The summed E-state index contributed by atoms with van der Waals surface area (Å²) in [4.78, 5) is 38.0. The molecule has 2 aromatic heterocycles. The zero-order valence-electron chi connectivity index (χ0n) is 18.7. The molecule has 0 aliphatic heterocycles. The maximum atomic E-state index is 13.1. The Bertz CT molecular complexity index is 1520. The molecule has 2 aromatic carbocycles. The normalized spacial score (nSPS) is 13.0. The van der Waals surface area contributed by atoms with Gasteiger partial charge < -0.3 is 15.0 Å². The van der Waals surface area contributed by atoms with Crippen molar-refractivity contribution in [2.75, 3.05) is 0 Å². The highest BCUT2D eigenvalue weighted by Crippen LogP contribution is 2.22. The number of imidazole rings is 1. The average molecular weight is 445 g/mol. The Morgan fingerprint density at radius 1 is 0.909 bits per heavy atom. The summed E-state index contributed by atoms with van der Waals surface area (Å²) in [6.45, 7) is 6.10. The first-order valence-corrected chi connectivity index (χ1v) is 10.6. The minimum atomic E-state index is -0.411. The Morgan fingerprint density at radius 3 is 2.24 bits per heavy atom.